The fourth-order valence-electron chi connectivity index (χ4n) is 2.03. The van der Waals surface area contributed by atoms with E-state index in [0.717, 1.165) is 37.8 Å². The Labute approximate surface area is 96.8 Å². The van der Waals surface area contributed by atoms with Crippen molar-refractivity contribution in [1.29, 1.82) is 0 Å². The summed E-state index contributed by atoms with van der Waals surface area (Å²) >= 11 is 0. The van der Waals surface area contributed by atoms with Gasteiger partial charge in [0.05, 0.1) is 5.56 Å². The van der Waals surface area contributed by atoms with Gasteiger partial charge in [-0.3, -0.25) is 4.79 Å². The number of hydrogen-bond donors (Lipinski definition) is 1. The van der Waals surface area contributed by atoms with Crippen LogP contribution in [0, 0.1) is 17.5 Å². The third-order valence-electron chi connectivity index (χ3n) is 2.97. The summed E-state index contributed by atoms with van der Waals surface area (Å²) in [4.78, 5) is 11.6. The molecule has 0 radical (unpaired) electrons. The van der Waals surface area contributed by atoms with Gasteiger partial charge in [-0.1, -0.05) is 12.8 Å². The SMILES string of the molecule is O=C(NC1CCCC1)c1ccc(F)c(F)c1F. The topological polar surface area (TPSA) is 29.1 Å². The number of hydrogen-bond acceptors (Lipinski definition) is 1. The zero-order valence-corrected chi connectivity index (χ0v) is 9.10. The van der Waals surface area contributed by atoms with Gasteiger partial charge in [0.2, 0.25) is 0 Å². The first-order chi connectivity index (χ1) is 8.09. The Morgan fingerprint density at radius 1 is 1.12 bits per heavy atom. The minimum atomic E-state index is -1.61. The first-order valence-electron chi connectivity index (χ1n) is 5.54. The quantitative estimate of drug-likeness (QED) is 0.795. The summed E-state index contributed by atoms with van der Waals surface area (Å²) in [5, 5.41) is 2.61. The number of carbonyl (C=O) groups excluding carboxylic acids is 1. The fraction of sp³-hybridized carbons (Fsp3) is 0.417. The predicted octanol–water partition coefficient (Wildman–Crippen LogP) is 2.78. The third kappa shape index (κ3) is 2.43. The van der Waals surface area contributed by atoms with Gasteiger partial charge in [-0.15, -0.1) is 0 Å². The summed E-state index contributed by atoms with van der Waals surface area (Å²) in [6.07, 6.45) is 3.73. The molecule has 1 fully saturated rings. The van der Waals surface area contributed by atoms with E-state index in [4.69, 9.17) is 0 Å². The molecule has 0 aliphatic heterocycles. The van der Waals surface area contributed by atoms with Gasteiger partial charge in [0.15, 0.2) is 17.5 Å². The molecule has 0 aromatic heterocycles. The normalized spacial score (nSPS) is 16.2. The minimum absolute atomic E-state index is 0.00927. The van der Waals surface area contributed by atoms with Crippen molar-refractivity contribution in [3.05, 3.63) is 35.1 Å². The molecule has 2 nitrogen and oxygen atoms in total. The summed E-state index contributed by atoms with van der Waals surface area (Å²) in [5.74, 6) is -5.02. The Morgan fingerprint density at radius 3 is 2.41 bits per heavy atom. The molecule has 0 heterocycles. The summed E-state index contributed by atoms with van der Waals surface area (Å²) in [6.45, 7) is 0. The molecule has 0 bridgehead atoms. The first kappa shape index (κ1) is 12.0. The fourth-order valence-corrected chi connectivity index (χ4v) is 2.03. The van der Waals surface area contributed by atoms with E-state index >= 15 is 0 Å². The van der Waals surface area contributed by atoms with E-state index in [0.29, 0.717) is 0 Å². The van der Waals surface area contributed by atoms with Crippen molar-refractivity contribution in [2.45, 2.75) is 31.7 Å². The second kappa shape index (κ2) is 4.77. The Hall–Kier alpha value is -1.52. The summed E-state index contributed by atoms with van der Waals surface area (Å²) < 4.78 is 38.9. The third-order valence-corrected chi connectivity index (χ3v) is 2.97. The highest BCUT2D eigenvalue weighted by Gasteiger charge is 2.22. The zero-order valence-electron chi connectivity index (χ0n) is 9.10. The van der Waals surface area contributed by atoms with Crippen LogP contribution in [0.3, 0.4) is 0 Å². The minimum Gasteiger partial charge on any atom is -0.349 e. The van der Waals surface area contributed by atoms with Crippen LogP contribution in [-0.2, 0) is 0 Å². The molecule has 0 spiro atoms. The van der Waals surface area contributed by atoms with E-state index in [1.807, 2.05) is 0 Å². The van der Waals surface area contributed by atoms with Crippen LogP contribution in [0.15, 0.2) is 12.1 Å². The zero-order chi connectivity index (χ0) is 12.4. The van der Waals surface area contributed by atoms with E-state index in [2.05, 4.69) is 5.32 Å². The average molecular weight is 243 g/mol. The van der Waals surface area contributed by atoms with Gasteiger partial charge in [-0.2, -0.15) is 0 Å². The van der Waals surface area contributed by atoms with E-state index in [1.165, 1.54) is 0 Å². The van der Waals surface area contributed by atoms with Crippen LogP contribution in [0.5, 0.6) is 0 Å². The van der Waals surface area contributed by atoms with Gasteiger partial charge >= 0.3 is 0 Å². The molecular weight excluding hydrogens is 231 g/mol. The second-order valence-electron chi connectivity index (χ2n) is 4.18. The average Bonchev–Trinajstić information content (AvgIpc) is 2.78. The Kier molecular flexibility index (Phi) is 3.36. The van der Waals surface area contributed by atoms with Crippen LogP contribution in [0.1, 0.15) is 36.0 Å². The van der Waals surface area contributed by atoms with E-state index < -0.39 is 28.9 Å². The van der Waals surface area contributed by atoms with Gasteiger partial charge < -0.3 is 5.32 Å². The molecule has 0 atom stereocenters. The number of amides is 1. The first-order valence-corrected chi connectivity index (χ1v) is 5.54. The highest BCUT2D eigenvalue weighted by atomic mass is 19.2. The van der Waals surface area contributed by atoms with Gasteiger partial charge in [-0.05, 0) is 25.0 Å². The van der Waals surface area contributed by atoms with Crippen LogP contribution >= 0.6 is 0 Å². The van der Waals surface area contributed by atoms with Gasteiger partial charge in [0.1, 0.15) is 0 Å². The monoisotopic (exact) mass is 243 g/mol. The largest absolute Gasteiger partial charge is 0.349 e. The molecule has 1 aromatic carbocycles. The van der Waals surface area contributed by atoms with Crippen molar-refractivity contribution >= 4 is 5.91 Å². The van der Waals surface area contributed by atoms with Crippen LogP contribution in [-0.4, -0.2) is 11.9 Å². The molecule has 17 heavy (non-hydrogen) atoms. The molecule has 1 aromatic rings. The number of carbonyl (C=O) groups is 1. The maximum absolute atomic E-state index is 13.3. The maximum atomic E-state index is 13.3. The smallest absolute Gasteiger partial charge is 0.254 e. The van der Waals surface area contributed by atoms with Crippen molar-refractivity contribution < 1.29 is 18.0 Å². The molecule has 1 N–H and O–H groups in total. The number of rotatable bonds is 2. The predicted molar refractivity (Wildman–Crippen MR) is 56.0 cm³/mol. The van der Waals surface area contributed by atoms with Crippen LogP contribution in [0.25, 0.3) is 0 Å². The number of benzene rings is 1. The summed E-state index contributed by atoms with van der Waals surface area (Å²) in [6, 6.07) is 1.72. The van der Waals surface area contributed by atoms with Crippen molar-refractivity contribution in [3.63, 3.8) is 0 Å². The van der Waals surface area contributed by atoms with Gasteiger partial charge in [0.25, 0.3) is 5.91 Å². The molecule has 1 aliphatic carbocycles. The van der Waals surface area contributed by atoms with Crippen LogP contribution in [0.2, 0.25) is 0 Å². The molecule has 92 valence electrons. The standard InChI is InChI=1S/C12H12F3NO/c13-9-6-5-8(10(14)11(9)15)12(17)16-7-3-1-2-4-7/h5-7H,1-4H2,(H,16,17). The maximum Gasteiger partial charge on any atom is 0.254 e. The van der Waals surface area contributed by atoms with Gasteiger partial charge in [0, 0.05) is 6.04 Å². The summed E-state index contributed by atoms with van der Waals surface area (Å²) in [5.41, 5.74) is -0.448. The van der Waals surface area contributed by atoms with Crippen molar-refractivity contribution in [1.82, 2.24) is 5.32 Å². The molecule has 1 amide bonds. The number of nitrogens with one attached hydrogen (secondary N) is 1. The van der Waals surface area contributed by atoms with Crippen LogP contribution < -0.4 is 5.32 Å². The summed E-state index contributed by atoms with van der Waals surface area (Å²) in [7, 11) is 0. The van der Waals surface area contributed by atoms with E-state index in [1.54, 1.807) is 0 Å². The highest BCUT2D eigenvalue weighted by Crippen LogP contribution is 2.19. The Balaban J connectivity index is 2.16. The Bertz CT molecular complexity index is 442. The van der Waals surface area contributed by atoms with Crippen molar-refractivity contribution in [3.8, 4) is 0 Å². The van der Waals surface area contributed by atoms with Crippen molar-refractivity contribution in [2.75, 3.05) is 0 Å². The Morgan fingerprint density at radius 2 is 1.76 bits per heavy atom. The molecule has 5 heteroatoms. The molecule has 0 saturated heterocycles. The van der Waals surface area contributed by atoms with Crippen molar-refractivity contribution in [2.24, 2.45) is 0 Å². The lowest BCUT2D eigenvalue weighted by atomic mass is 10.1. The highest BCUT2D eigenvalue weighted by molar-refractivity contribution is 5.94. The molecule has 2 rings (SSSR count). The second-order valence-corrected chi connectivity index (χ2v) is 4.18. The lowest BCUT2D eigenvalue weighted by molar-refractivity contribution is 0.0932. The lowest BCUT2D eigenvalue weighted by Crippen LogP contribution is -2.33. The van der Waals surface area contributed by atoms with E-state index in [9.17, 15) is 18.0 Å². The number of halogens is 3. The molecular formula is C12H12F3NO. The van der Waals surface area contributed by atoms with Gasteiger partial charge in [-0.25, -0.2) is 13.2 Å². The van der Waals surface area contributed by atoms with E-state index in [-0.39, 0.29) is 6.04 Å². The lowest BCUT2D eigenvalue weighted by Gasteiger charge is -2.12. The molecule has 1 saturated carbocycles. The van der Waals surface area contributed by atoms with Crippen LogP contribution in [0.4, 0.5) is 13.2 Å². The molecule has 1 aliphatic rings. The molecule has 0 unspecified atom stereocenters.